The first kappa shape index (κ1) is 19.3. The average molecular weight is 448 g/mol. The van der Waals surface area contributed by atoms with Gasteiger partial charge in [0.25, 0.3) is 10.0 Å². The Morgan fingerprint density at radius 3 is 2.70 bits per heavy atom. The smallest absolute Gasteiger partial charge is 0.262 e. The number of hydrogen-bond donors (Lipinski definition) is 2. The first-order chi connectivity index (χ1) is 12.9. The number of amides is 1. The third kappa shape index (κ3) is 5.27. The Balaban J connectivity index is 1.70. The van der Waals surface area contributed by atoms with Gasteiger partial charge in [-0.2, -0.15) is 0 Å². The van der Waals surface area contributed by atoms with E-state index in [1.807, 2.05) is 24.3 Å². The summed E-state index contributed by atoms with van der Waals surface area (Å²) < 4.78 is 28.3. The topological polar surface area (TPSA) is 87.6 Å². The van der Waals surface area contributed by atoms with Crippen molar-refractivity contribution in [3.8, 4) is 0 Å². The second-order valence-corrected chi connectivity index (χ2v) is 8.45. The fraction of sp³-hybridized carbons (Fsp3) is 0.158. The van der Waals surface area contributed by atoms with Gasteiger partial charge in [0.1, 0.15) is 5.84 Å². The maximum Gasteiger partial charge on any atom is 0.262 e. The third-order valence-electron chi connectivity index (χ3n) is 3.86. The lowest BCUT2D eigenvalue weighted by molar-refractivity contribution is -0.111. The number of aliphatic imine (C=N–C) groups is 1. The molecule has 3 rings (SSSR count). The number of nitrogens with zero attached hydrogens (tertiary/aromatic N) is 1. The van der Waals surface area contributed by atoms with Crippen molar-refractivity contribution in [1.29, 1.82) is 0 Å². The van der Waals surface area contributed by atoms with E-state index in [4.69, 9.17) is 0 Å². The summed E-state index contributed by atoms with van der Waals surface area (Å²) in [5, 5.41) is 2.67. The predicted molar refractivity (Wildman–Crippen MR) is 110 cm³/mol. The van der Waals surface area contributed by atoms with E-state index >= 15 is 0 Å². The second kappa shape index (κ2) is 8.49. The van der Waals surface area contributed by atoms with E-state index in [9.17, 15) is 13.2 Å². The lowest BCUT2D eigenvalue weighted by atomic mass is 10.2. The van der Waals surface area contributed by atoms with Crippen LogP contribution in [0.4, 0.5) is 5.69 Å². The largest absolute Gasteiger partial charge is 0.322 e. The first-order valence-electron chi connectivity index (χ1n) is 8.34. The van der Waals surface area contributed by atoms with Crippen LogP contribution in [0.15, 0.2) is 69.0 Å². The molecule has 8 heteroatoms. The van der Waals surface area contributed by atoms with Crippen LogP contribution in [-0.2, 0) is 14.8 Å². The number of rotatable bonds is 5. The second-order valence-electron chi connectivity index (χ2n) is 5.91. The van der Waals surface area contributed by atoms with E-state index in [2.05, 4.69) is 31.0 Å². The zero-order valence-corrected chi connectivity index (χ0v) is 16.8. The van der Waals surface area contributed by atoms with E-state index in [1.54, 1.807) is 18.2 Å². The van der Waals surface area contributed by atoms with Crippen LogP contribution in [0.5, 0.6) is 0 Å². The van der Waals surface area contributed by atoms with Crippen LogP contribution in [0.3, 0.4) is 0 Å². The van der Waals surface area contributed by atoms with E-state index in [0.717, 1.165) is 16.5 Å². The molecule has 0 unspecified atom stereocenters. The summed E-state index contributed by atoms with van der Waals surface area (Å²) in [7, 11) is -3.72. The quantitative estimate of drug-likeness (QED) is 0.686. The van der Waals surface area contributed by atoms with Crippen molar-refractivity contribution < 1.29 is 13.2 Å². The summed E-state index contributed by atoms with van der Waals surface area (Å²) in [6.45, 7) is 0.637. The Hall–Kier alpha value is -2.45. The zero-order chi connectivity index (χ0) is 19.3. The van der Waals surface area contributed by atoms with Gasteiger partial charge in [0.15, 0.2) is 0 Å². The molecule has 1 amide bonds. The van der Waals surface area contributed by atoms with Crippen molar-refractivity contribution in [3.05, 3.63) is 64.6 Å². The number of hydrogen-bond acceptors (Lipinski definition) is 4. The van der Waals surface area contributed by atoms with E-state index in [1.165, 1.54) is 18.2 Å². The third-order valence-corrected chi connectivity index (χ3v) is 5.96. The molecule has 0 fully saturated rings. The van der Waals surface area contributed by atoms with Crippen LogP contribution < -0.4 is 10.0 Å². The number of carbonyl (C=O) groups excluding carboxylic acids is 1. The van der Waals surface area contributed by atoms with Crippen molar-refractivity contribution in [2.75, 3.05) is 11.9 Å². The molecule has 2 N–H and O–H groups in total. The van der Waals surface area contributed by atoms with Crippen LogP contribution in [0.2, 0.25) is 0 Å². The molecular weight excluding hydrogens is 430 g/mol. The van der Waals surface area contributed by atoms with Gasteiger partial charge in [0.05, 0.1) is 4.90 Å². The lowest BCUT2D eigenvalue weighted by Crippen LogP contribution is -2.29. The highest BCUT2D eigenvalue weighted by atomic mass is 79.9. The van der Waals surface area contributed by atoms with Gasteiger partial charge in [-0.05, 0) is 42.3 Å². The highest BCUT2D eigenvalue weighted by Crippen LogP contribution is 2.18. The fourth-order valence-electron chi connectivity index (χ4n) is 2.54. The number of carbonyl (C=O) groups is 1. The maximum atomic E-state index is 12.5. The van der Waals surface area contributed by atoms with E-state index in [-0.39, 0.29) is 10.8 Å². The molecule has 140 valence electrons. The van der Waals surface area contributed by atoms with Gasteiger partial charge in [0, 0.05) is 29.2 Å². The molecular formula is C19H18BrN3O3S. The maximum absolute atomic E-state index is 12.5. The van der Waals surface area contributed by atoms with Crippen molar-refractivity contribution in [2.45, 2.75) is 17.7 Å². The Labute approximate surface area is 166 Å². The Morgan fingerprint density at radius 1 is 1.15 bits per heavy atom. The lowest BCUT2D eigenvalue weighted by Gasteiger charge is -2.09. The molecule has 0 aliphatic carbocycles. The summed E-state index contributed by atoms with van der Waals surface area (Å²) in [6.07, 6.45) is 4.54. The molecule has 27 heavy (non-hydrogen) atoms. The molecule has 6 nitrogen and oxygen atoms in total. The standard InChI is InChI=1S/C19H18BrN3O3S/c20-17-8-2-1-5-14(17)10-11-19(24)22-15-6-3-7-16(13-15)27(25,26)23-18-9-4-12-21-18/h1-3,5-8,10-11,13H,4,9,12H2,(H,21,23)(H,22,24)/b11-10+. The monoisotopic (exact) mass is 447 g/mol. The number of benzene rings is 2. The fourth-order valence-corrected chi connectivity index (χ4v) is 4.09. The summed E-state index contributed by atoms with van der Waals surface area (Å²) >= 11 is 3.41. The van der Waals surface area contributed by atoms with Gasteiger partial charge in [-0.25, -0.2) is 8.42 Å². The van der Waals surface area contributed by atoms with Crippen LogP contribution in [0, 0.1) is 0 Å². The molecule has 0 radical (unpaired) electrons. The highest BCUT2D eigenvalue weighted by molar-refractivity contribution is 9.10. The molecule has 0 spiro atoms. The molecule has 1 aliphatic heterocycles. The summed E-state index contributed by atoms with van der Waals surface area (Å²) in [5.41, 5.74) is 1.26. The predicted octanol–water partition coefficient (Wildman–Crippen LogP) is 3.57. The van der Waals surface area contributed by atoms with Crippen molar-refractivity contribution in [3.63, 3.8) is 0 Å². The van der Waals surface area contributed by atoms with Gasteiger partial charge in [-0.3, -0.25) is 14.5 Å². The number of sulfonamides is 1. The van der Waals surface area contributed by atoms with Gasteiger partial charge in [0.2, 0.25) is 5.91 Å². The van der Waals surface area contributed by atoms with Crippen LogP contribution in [0.1, 0.15) is 18.4 Å². The summed E-state index contributed by atoms with van der Waals surface area (Å²) in [6, 6.07) is 13.6. The molecule has 1 heterocycles. The molecule has 0 atom stereocenters. The normalized spacial score (nSPS) is 14.2. The minimum Gasteiger partial charge on any atom is -0.322 e. The molecule has 0 saturated heterocycles. The Morgan fingerprint density at radius 2 is 1.96 bits per heavy atom. The summed E-state index contributed by atoms with van der Waals surface area (Å²) in [4.78, 5) is 16.3. The molecule has 0 bridgehead atoms. The molecule has 2 aromatic carbocycles. The molecule has 2 aromatic rings. The van der Waals surface area contributed by atoms with E-state index in [0.29, 0.717) is 24.5 Å². The van der Waals surface area contributed by atoms with E-state index < -0.39 is 10.0 Å². The van der Waals surface area contributed by atoms with Crippen LogP contribution >= 0.6 is 15.9 Å². The SMILES string of the molecule is O=C(/C=C/c1ccccc1Br)Nc1cccc(S(=O)(=O)NC2=NCCC2)c1. The summed E-state index contributed by atoms with van der Waals surface area (Å²) in [5.74, 6) is 0.120. The van der Waals surface area contributed by atoms with Crippen molar-refractivity contribution in [2.24, 2.45) is 4.99 Å². The number of amidine groups is 1. The van der Waals surface area contributed by atoms with Crippen molar-refractivity contribution >= 4 is 49.5 Å². The van der Waals surface area contributed by atoms with Gasteiger partial charge in [-0.1, -0.05) is 40.2 Å². The zero-order valence-electron chi connectivity index (χ0n) is 14.4. The van der Waals surface area contributed by atoms with Gasteiger partial charge in [-0.15, -0.1) is 0 Å². The number of anilines is 1. The van der Waals surface area contributed by atoms with Crippen LogP contribution in [-0.4, -0.2) is 26.7 Å². The number of halogens is 1. The first-order valence-corrected chi connectivity index (χ1v) is 10.6. The Bertz CT molecular complexity index is 1020. The Kier molecular flexibility index (Phi) is 6.08. The average Bonchev–Trinajstić information content (AvgIpc) is 3.13. The van der Waals surface area contributed by atoms with Gasteiger partial charge < -0.3 is 5.32 Å². The minimum absolute atomic E-state index is 0.0738. The molecule has 1 aliphatic rings. The highest BCUT2D eigenvalue weighted by Gasteiger charge is 2.18. The minimum atomic E-state index is -3.72. The van der Waals surface area contributed by atoms with Crippen LogP contribution in [0.25, 0.3) is 6.08 Å². The van der Waals surface area contributed by atoms with Gasteiger partial charge >= 0.3 is 0 Å². The molecule has 0 saturated carbocycles. The molecule has 0 aromatic heterocycles. The number of nitrogens with one attached hydrogen (secondary N) is 2. The van der Waals surface area contributed by atoms with Crippen molar-refractivity contribution in [1.82, 2.24) is 4.72 Å².